The third-order valence-corrected chi connectivity index (χ3v) is 5.47. The Kier molecular flexibility index (Phi) is 4.48. The van der Waals surface area contributed by atoms with Crippen molar-refractivity contribution in [3.63, 3.8) is 0 Å². The van der Waals surface area contributed by atoms with Crippen LogP contribution in [0, 0.1) is 24.1 Å². The summed E-state index contributed by atoms with van der Waals surface area (Å²) in [6.45, 7) is 4.33. The molecule has 22 heavy (non-hydrogen) atoms. The molecule has 2 atom stereocenters. The van der Waals surface area contributed by atoms with E-state index in [1.807, 2.05) is 13.0 Å². The van der Waals surface area contributed by atoms with Gasteiger partial charge in [0, 0.05) is 13.1 Å². The highest BCUT2D eigenvalue weighted by Crippen LogP contribution is 2.43. The number of amides is 1. The van der Waals surface area contributed by atoms with E-state index in [-0.39, 0.29) is 17.1 Å². The van der Waals surface area contributed by atoms with E-state index in [4.69, 9.17) is 0 Å². The van der Waals surface area contributed by atoms with Gasteiger partial charge in [-0.2, -0.15) is 0 Å². The average molecular weight is 304 g/mol. The van der Waals surface area contributed by atoms with Gasteiger partial charge in [0.25, 0.3) is 0 Å². The first-order valence-electron chi connectivity index (χ1n) is 8.36. The largest absolute Gasteiger partial charge is 0.355 e. The molecule has 0 aromatic heterocycles. The van der Waals surface area contributed by atoms with Crippen LogP contribution < -0.4 is 10.6 Å². The smallest absolute Gasteiger partial charge is 0.227 e. The van der Waals surface area contributed by atoms with Crippen molar-refractivity contribution in [2.75, 3.05) is 19.6 Å². The van der Waals surface area contributed by atoms with Crippen molar-refractivity contribution in [2.45, 2.75) is 39.0 Å². The van der Waals surface area contributed by atoms with Crippen molar-refractivity contribution >= 4 is 5.91 Å². The fourth-order valence-corrected chi connectivity index (χ4v) is 4.12. The van der Waals surface area contributed by atoms with Crippen LogP contribution in [0.15, 0.2) is 18.2 Å². The Morgan fingerprint density at radius 1 is 1.45 bits per heavy atom. The van der Waals surface area contributed by atoms with Crippen LogP contribution in [0.3, 0.4) is 0 Å². The zero-order valence-corrected chi connectivity index (χ0v) is 13.3. The van der Waals surface area contributed by atoms with Gasteiger partial charge in [0.1, 0.15) is 5.82 Å². The van der Waals surface area contributed by atoms with E-state index in [0.717, 1.165) is 49.9 Å². The molecule has 1 saturated heterocycles. The molecular weight excluding hydrogens is 279 g/mol. The minimum Gasteiger partial charge on any atom is -0.355 e. The second-order valence-corrected chi connectivity index (χ2v) is 6.81. The third kappa shape index (κ3) is 2.89. The highest BCUT2D eigenvalue weighted by atomic mass is 19.1. The molecule has 0 spiro atoms. The third-order valence-electron chi connectivity index (χ3n) is 5.47. The van der Waals surface area contributed by atoms with Crippen molar-refractivity contribution in [3.05, 3.63) is 35.1 Å². The molecule has 4 heteroatoms. The Morgan fingerprint density at radius 2 is 2.32 bits per heavy atom. The van der Waals surface area contributed by atoms with Gasteiger partial charge in [-0.3, -0.25) is 4.79 Å². The van der Waals surface area contributed by atoms with E-state index in [2.05, 4.69) is 10.6 Å². The first-order valence-corrected chi connectivity index (χ1v) is 8.36. The molecule has 1 aliphatic heterocycles. The van der Waals surface area contributed by atoms with E-state index in [9.17, 15) is 9.18 Å². The van der Waals surface area contributed by atoms with Gasteiger partial charge in [0.15, 0.2) is 0 Å². The van der Waals surface area contributed by atoms with E-state index in [1.165, 1.54) is 12.5 Å². The summed E-state index contributed by atoms with van der Waals surface area (Å²) in [5.74, 6) is 0.502. The number of aryl methyl sites for hydroxylation is 1. The van der Waals surface area contributed by atoms with Gasteiger partial charge < -0.3 is 10.6 Å². The van der Waals surface area contributed by atoms with Crippen LogP contribution in [0.1, 0.15) is 36.8 Å². The standard InChI is InChI=1S/C18H25FN2O/c1-13-10-16(19)6-5-14(13)7-9-21-17(22)18-8-3-2-4-15(18)11-20-12-18/h5-6,10,15,20H,2-4,7-9,11-12H2,1H3,(H,21,22)/t15-,18+/m0/s1. The molecule has 1 saturated carbocycles. The molecule has 120 valence electrons. The highest BCUT2D eigenvalue weighted by Gasteiger charge is 2.49. The molecular formula is C18H25FN2O. The molecule has 1 heterocycles. The maximum absolute atomic E-state index is 13.1. The number of carbonyl (C=O) groups excluding carboxylic acids is 1. The summed E-state index contributed by atoms with van der Waals surface area (Å²) in [7, 11) is 0. The normalized spacial score (nSPS) is 27.5. The highest BCUT2D eigenvalue weighted by molar-refractivity contribution is 5.83. The molecule has 1 amide bonds. The Hall–Kier alpha value is -1.42. The molecule has 1 aromatic carbocycles. The van der Waals surface area contributed by atoms with Crippen LogP contribution in [-0.4, -0.2) is 25.5 Å². The number of hydrogen-bond donors (Lipinski definition) is 2. The molecule has 2 N–H and O–H groups in total. The summed E-state index contributed by atoms with van der Waals surface area (Å²) in [6, 6.07) is 4.85. The maximum atomic E-state index is 13.1. The average Bonchev–Trinajstić information content (AvgIpc) is 2.94. The maximum Gasteiger partial charge on any atom is 0.227 e. The van der Waals surface area contributed by atoms with Crippen LogP contribution in [0.2, 0.25) is 0 Å². The predicted molar refractivity (Wildman–Crippen MR) is 85.1 cm³/mol. The quantitative estimate of drug-likeness (QED) is 0.897. The number of benzene rings is 1. The van der Waals surface area contributed by atoms with Crippen molar-refractivity contribution in [2.24, 2.45) is 11.3 Å². The van der Waals surface area contributed by atoms with Gasteiger partial charge in [-0.05, 0) is 61.9 Å². The van der Waals surface area contributed by atoms with E-state index >= 15 is 0 Å². The fraction of sp³-hybridized carbons (Fsp3) is 0.611. The van der Waals surface area contributed by atoms with Crippen LogP contribution in [0.25, 0.3) is 0 Å². The Balaban J connectivity index is 1.58. The first kappa shape index (κ1) is 15.5. The van der Waals surface area contributed by atoms with E-state index in [0.29, 0.717) is 12.5 Å². The zero-order chi connectivity index (χ0) is 15.6. The van der Waals surface area contributed by atoms with Gasteiger partial charge in [0.05, 0.1) is 5.41 Å². The number of hydrogen-bond acceptors (Lipinski definition) is 2. The van der Waals surface area contributed by atoms with Crippen LogP contribution >= 0.6 is 0 Å². The van der Waals surface area contributed by atoms with E-state index < -0.39 is 0 Å². The number of fused-ring (bicyclic) bond motifs is 1. The molecule has 1 aromatic rings. The Labute approximate surface area is 131 Å². The summed E-state index contributed by atoms with van der Waals surface area (Å²) in [4.78, 5) is 12.7. The molecule has 2 aliphatic rings. The SMILES string of the molecule is Cc1cc(F)ccc1CCNC(=O)[C@@]12CCCC[C@H]1CNC2. The minimum absolute atomic E-state index is 0.184. The summed E-state index contributed by atoms with van der Waals surface area (Å²) in [5.41, 5.74) is 1.87. The van der Waals surface area contributed by atoms with Crippen molar-refractivity contribution in [3.8, 4) is 0 Å². The molecule has 0 radical (unpaired) electrons. The fourth-order valence-electron chi connectivity index (χ4n) is 4.12. The number of nitrogens with one attached hydrogen (secondary N) is 2. The second-order valence-electron chi connectivity index (χ2n) is 6.81. The minimum atomic E-state index is -0.203. The molecule has 3 rings (SSSR count). The summed E-state index contributed by atoms with van der Waals surface area (Å²) < 4.78 is 13.1. The molecule has 2 fully saturated rings. The monoisotopic (exact) mass is 304 g/mol. The summed E-state index contributed by atoms with van der Waals surface area (Å²) >= 11 is 0. The second kappa shape index (κ2) is 6.37. The van der Waals surface area contributed by atoms with Gasteiger partial charge in [-0.25, -0.2) is 4.39 Å². The number of carbonyl (C=O) groups is 1. The zero-order valence-electron chi connectivity index (χ0n) is 13.3. The van der Waals surface area contributed by atoms with Crippen LogP contribution in [-0.2, 0) is 11.2 Å². The van der Waals surface area contributed by atoms with Gasteiger partial charge >= 0.3 is 0 Å². The summed E-state index contributed by atoms with van der Waals surface area (Å²) in [6.07, 6.45) is 5.33. The lowest BCUT2D eigenvalue weighted by atomic mass is 9.67. The molecule has 0 unspecified atom stereocenters. The van der Waals surface area contributed by atoms with Gasteiger partial charge in [0.2, 0.25) is 5.91 Å². The molecule has 0 bridgehead atoms. The lowest BCUT2D eigenvalue weighted by Crippen LogP contribution is -2.48. The van der Waals surface area contributed by atoms with Crippen molar-refractivity contribution < 1.29 is 9.18 Å². The molecule has 1 aliphatic carbocycles. The topological polar surface area (TPSA) is 41.1 Å². The van der Waals surface area contributed by atoms with Gasteiger partial charge in [-0.1, -0.05) is 18.9 Å². The predicted octanol–water partition coefficient (Wildman–Crippen LogP) is 2.57. The van der Waals surface area contributed by atoms with E-state index in [1.54, 1.807) is 6.07 Å². The van der Waals surface area contributed by atoms with Crippen molar-refractivity contribution in [1.82, 2.24) is 10.6 Å². The van der Waals surface area contributed by atoms with Gasteiger partial charge in [-0.15, -0.1) is 0 Å². The lowest BCUT2D eigenvalue weighted by Gasteiger charge is -2.37. The Morgan fingerprint density at radius 3 is 3.14 bits per heavy atom. The lowest BCUT2D eigenvalue weighted by molar-refractivity contribution is -0.133. The van der Waals surface area contributed by atoms with Crippen molar-refractivity contribution in [1.29, 1.82) is 0 Å². The van der Waals surface area contributed by atoms with Crippen LogP contribution in [0.4, 0.5) is 4.39 Å². The molecule has 3 nitrogen and oxygen atoms in total. The van der Waals surface area contributed by atoms with Crippen LogP contribution in [0.5, 0.6) is 0 Å². The Bertz CT molecular complexity index is 560. The number of halogens is 1. The first-order chi connectivity index (χ1) is 10.6. The summed E-state index contributed by atoms with van der Waals surface area (Å²) in [5, 5.41) is 6.54. The number of rotatable bonds is 4.